The molecular formula is C14H16FN3O. The van der Waals surface area contributed by atoms with E-state index in [1.807, 2.05) is 13.8 Å². The van der Waals surface area contributed by atoms with Crippen molar-refractivity contribution in [3.05, 3.63) is 42.0 Å². The van der Waals surface area contributed by atoms with Gasteiger partial charge in [-0.05, 0) is 18.1 Å². The first-order chi connectivity index (χ1) is 9.13. The highest BCUT2D eigenvalue weighted by Gasteiger charge is 2.17. The third kappa shape index (κ3) is 2.81. The van der Waals surface area contributed by atoms with E-state index in [4.69, 9.17) is 4.74 Å². The maximum Gasteiger partial charge on any atom is 0.228 e. The molecule has 0 aliphatic rings. The van der Waals surface area contributed by atoms with E-state index in [0.717, 1.165) is 5.56 Å². The van der Waals surface area contributed by atoms with Crippen molar-refractivity contribution < 1.29 is 9.13 Å². The summed E-state index contributed by atoms with van der Waals surface area (Å²) in [5.74, 6) is 0.966. The van der Waals surface area contributed by atoms with Crippen LogP contribution in [0.25, 0.3) is 0 Å². The van der Waals surface area contributed by atoms with E-state index in [1.54, 1.807) is 25.2 Å². The molecule has 19 heavy (non-hydrogen) atoms. The highest BCUT2D eigenvalue weighted by Crippen LogP contribution is 2.33. The maximum absolute atomic E-state index is 13.6. The van der Waals surface area contributed by atoms with Crippen LogP contribution in [0.1, 0.15) is 25.3 Å². The molecule has 0 saturated heterocycles. The van der Waals surface area contributed by atoms with E-state index >= 15 is 0 Å². The summed E-state index contributed by atoms with van der Waals surface area (Å²) >= 11 is 0. The van der Waals surface area contributed by atoms with Gasteiger partial charge in [0.25, 0.3) is 0 Å². The second kappa shape index (κ2) is 5.65. The lowest BCUT2D eigenvalue weighted by Crippen LogP contribution is -2.05. The fourth-order valence-electron chi connectivity index (χ4n) is 1.81. The Morgan fingerprint density at radius 2 is 1.95 bits per heavy atom. The SMILES string of the molecule is CNc1ncnc(Oc2ccccc2F)c1C(C)C. The molecule has 0 bridgehead atoms. The van der Waals surface area contributed by atoms with Gasteiger partial charge in [0.15, 0.2) is 11.6 Å². The molecule has 0 radical (unpaired) electrons. The highest BCUT2D eigenvalue weighted by molar-refractivity contribution is 5.51. The zero-order chi connectivity index (χ0) is 13.8. The van der Waals surface area contributed by atoms with Crippen molar-refractivity contribution in [3.63, 3.8) is 0 Å². The van der Waals surface area contributed by atoms with Crippen LogP contribution in [0.2, 0.25) is 0 Å². The van der Waals surface area contributed by atoms with Crippen molar-refractivity contribution in [3.8, 4) is 11.6 Å². The van der Waals surface area contributed by atoms with Crippen LogP contribution in [0.5, 0.6) is 11.6 Å². The molecule has 0 amide bonds. The topological polar surface area (TPSA) is 47.0 Å². The molecule has 1 aromatic carbocycles. The predicted octanol–water partition coefficient (Wildman–Crippen LogP) is 3.57. The minimum Gasteiger partial charge on any atom is -0.435 e. The lowest BCUT2D eigenvalue weighted by molar-refractivity contribution is 0.419. The number of rotatable bonds is 4. The Hall–Kier alpha value is -2.17. The van der Waals surface area contributed by atoms with Crippen molar-refractivity contribution in [2.24, 2.45) is 0 Å². The van der Waals surface area contributed by atoms with E-state index in [0.29, 0.717) is 11.7 Å². The van der Waals surface area contributed by atoms with Crippen molar-refractivity contribution >= 4 is 5.82 Å². The standard InChI is InChI=1S/C14H16FN3O/c1-9(2)12-13(16-3)17-8-18-14(12)19-11-7-5-4-6-10(11)15/h4-9H,1-3H3,(H,16,17,18). The van der Waals surface area contributed by atoms with Crippen LogP contribution in [0, 0.1) is 5.82 Å². The van der Waals surface area contributed by atoms with Crippen LogP contribution in [0.15, 0.2) is 30.6 Å². The summed E-state index contributed by atoms with van der Waals surface area (Å²) in [6, 6.07) is 6.25. The second-order valence-corrected chi connectivity index (χ2v) is 4.38. The third-order valence-electron chi connectivity index (χ3n) is 2.70. The monoisotopic (exact) mass is 261 g/mol. The molecule has 1 aromatic heterocycles. The Morgan fingerprint density at radius 1 is 1.21 bits per heavy atom. The van der Waals surface area contributed by atoms with Crippen LogP contribution in [-0.4, -0.2) is 17.0 Å². The number of hydrogen-bond donors (Lipinski definition) is 1. The summed E-state index contributed by atoms with van der Waals surface area (Å²) in [6.45, 7) is 4.02. The number of ether oxygens (including phenoxy) is 1. The Kier molecular flexibility index (Phi) is 3.94. The van der Waals surface area contributed by atoms with Crippen molar-refractivity contribution in [1.82, 2.24) is 9.97 Å². The minimum absolute atomic E-state index is 0.158. The molecular weight excluding hydrogens is 245 g/mol. The highest BCUT2D eigenvalue weighted by atomic mass is 19.1. The predicted molar refractivity (Wildman–Crippen MR) is 72.1 cm³/mol. The van der Waals surface area contributed by atoms with Gasteiger partial charge in [-0.3, -0.25) is 0 Å². The number of anilines is 1. The first kappa shape index (κ1) is 13.3. The van der Waals surface area contributed by atoms with Gasteiger partial charge in [0, 0.05) is 7.05 Å². The lowest BCUT2D eigenvalue weighted by atomic mass is 10.1. The number of halogens is 1. The van der Waals surface area contributed by atoms with E-state index < -0.39 is 5.82 Å². The van der Waals surface area contributed by atoms with Gasteiger partial charge in [-0.25, -0.2) is 14.4 Å². The van der Waals surface area contributed by atoms with E-state index in [2.05, 4.69) is 15.3 Å². The molecule has 5 heteroatoms. The number of benzene rings is 1. The summed E-state index contributed by atoms with van der Waals surface area (Å²) in [4.78, 5) is 8.25. The fraction of sp³-hybridized carbons (Fsp3) is 0.286. The Balaban J connectivity index is 2.43. The van der Waals surface area contributed by atoms with Gasteiger partial charge in [-0.2, -0.15) is 0 Å². The molecule has 0 aliphatic heterocycles. The summed E-state index contributed by atoms with van der Waals surface area (Å²) in [6.07, 6.45) is 1.40. The van der Waals surface area contributed by atoms with Gasteiger partial charge >= 0.3 is 0 Å². The molecule has 2 rings (SSSR count). The van der Waals surface area contributed by atoms with Crippen LogP contribution in [0.3, 0.4) is 0 Å². The maximum atomic E-state index is 13.6. The number of aromatic nitrogens is 2. The van der Waals surface area contributed by atoms with Crippen LogP contribution in [0.4, 0.5) is 10.2 Å². The van der Waals surface area contributed by atoms with E-state index in [-0.39, 0.29) is 11.7 Å². The smallest absolute Gasteiger partial charge is 0.228 e. The number of para-hydroxylation sites is 1. The zero-order valence-electron chi connectivity index (χ0n) is 11.1. The molecule has 2 aromatic rings. The molecule has 0 aliphatic carbocycles. The molecule has 0 atom stereocenters. The minimum atomic E-state index is -0.415. The van der Waals surface area contributed by atoms with E-state index in [9.17, 15) is 4.39 Å². The summed E-state index contributed by atoms with van der Waals surface area (Å²) in [7, 11) is 1.78. The molecule has 1 heterocycles. The molecule has 1 N–H and O–H groups in total. The van der Waals surface area contributed by atoms with Gasteiger partial charge in [0.1, 0.15) is 12.1 Å². The average molecular weight is 261 g/mol. The van der Waals surface area contributed by atoms with Crippen molar-refractivity contribution in [2.45, 2.75) is 19.8 Å². The number of hydrogen-bond acceptors (Lipinski definition) is 4. The normalized spacial score (nSPS) is 10.6. The Morgan fingerprint density at radius 3 is 2.58 bits per heavy atom. The third-order valence-corrected chi connectivity index (χ3v) is 2.70. The van der Waals surface area contributed by atoms with Crippen molar-refractivity contribution in [2.75, 3.05) is 12.4 Å². The summed E-state index contributed by atoms with van der Waals surface area (Å²) in [5, 5.41) is 2.99. The lowest BCUT2D eigenvalue weighted by Gasteiger charge is -2.15. The molecule has 0 spiro atoms. The number of nitrogens with one attached hydrogen (secondary N) is 1. The molecule has 100 valence electrons. The molecule has 0 fully saturated rings. The number of nitrogens with zero attached hydrogens (tertiary/aromatic N) is 2. The van der Waals surface area contributed by atoms with Crippen LogP contribution >= 0.6 is 0 Å². The second-order valence-electron chi connectivity index (χ2n) is 4.38. The van der Waals surface area contributed by atoms with Gasteiger partial charge in [-0.15, -0.1) is 0 Å². The van der Waals surface area contributed by atoms with Crippen molar-refractivity contribution in [1.29, 1.82) is 0 Å². The van der Waals surface area contributed by atoms with Gasteiger partial charge in [0.2, 0.25) is 5.88 Å². The summed E-state index contributed by atoms with van der Waals surface area (Å²) in [5.41, 5.74) is 0.827. The van der Waals surface area contributed by atoms with Gasteiger partial charge in [0.05, 0.1) is 5.56 Å². The van der Waals surface area contributed by atoms with Crippen LogP contribution < -0.4 is 10.1 Å². The molecule has 4 nitrogen and oxygen atoms in total. The first-order valence-corrected chi connectivity index (χ1v) is 6.08. The van der Waals surface area contributed by atoms with Gasteiger partial charge in [-0.1, -0.05) is 26.0 Å². The Bertz CT molecular complexity index is 572. The fourth-order valence-corrected chi connectivity index (χ4v) is 1.81. The van der Waals surface area contributed by atoms with E-state index in [1.165, 1.54) is 12.4 Å². The largest absolute Gasteiger partial charge is 0.435 e. The quantitative estimate of drug-likeness (QED) is 0.914. The average Bonchev–Trinajstić information content (AvgIpc) is 2.40. The zero-order valence-corrected chi connectivity index (χ0v) is 11.1. The summed E-state index contributed by atoms with van der Waals surface area (Å²) < 4.78 is 19.2. The molecule has 0 saturated carbocycles. The molecule has 0 unspecified atom stereocenters. The van der Waals surface area contributed by atoms with Crippen LogP contribution in [-0.2, 0) is 0 Å². The van der Waals surface area contributed by atoms with Gasteiger partial charge < -0.3 is 10.1 Å². The first-order valence-electron chi connectivity index (χ1n) is 6.08. The Labute approximate surface area is 111 Å².